The summed E-state index contributed by atoms with van der Waals surface area (Å²) in [6, 6.07) is 11.4. The van der Waals surface area contributed by atoms with Crippen LogP contribution in [0.25, 0.3) is 5.69 Å². The van der Waals surface area contributed by atoms with Gasteiger partial charge >= 0.3 is 5.69 Å². The number of rotatable bonds is 6. The number of aromatic nitrogens is 4. The molecule has 9 heteroatoms. The van der Waals surface area contributed by atoms with Crippen LogP contribution >= 0.6 is 0 Å². The second-order valence-electron chi connectivity index (χ2n) is 8.71. The maximum absolute atomic E-state index is 13.3. The van der Waals surface area contributed by atoms with E-state index in [9.17, 15) is 14.4 Å². The molecule has 1 fully saturated rings. The molecule has 3 heterocycles. The third-order valence-corrected chi connectivity index (χ3v) is 6.47. The van der Waals surface area contributed by atoms with Crippen LogP contribution in [0.4, 0.5) is 5.69 Å². The molecule has 2 aromatic heterocycles. The minimum absolute atomic E-state index is 0.0872. The minimum Gasteiger partial charge on any atom is -0.362 e. The van der Waals surface area contributed by atoms with Crippen molar-refractivity contribution in [2.24, 2.45) is 0 Å². The number of hydrogen-bond donors (Lipinski definition) is 0. The summed E-state index contributed by atoms with van der Waals surface area (Å²) in [5.74, 6) is 0.0872. The summed E-state index contributed by atoms with van der Waals surface area (Å²) >= 11 is 0. The first-order valence-corrected chi connectivity index (χ1v) is 11.8. The van der Waals surface area contributed by atoms with Gasteiger partial charge in [-0.15, -0.1) is 0 Å². The molecule has 1 aromatic carbocycles. The Morgan fingerprint density at radius 3 is 2.26 bits per heavy atom. The number of benzene rings is 1. The molecule has 0 radical (unpaired) electrons. The number of aryl methyl sites for hydroxylation is 3. The van der Waals surface area contributed by atoms with Crippen molar-refractivity contribution in [3.05, 3.63) is 74.3 Å². The number of hydrogen-bond acceptors (Lipinski definition) is 5. The van der Waals surface area contributed by atoms with E-state index >= 15 is 0 Å². The number of para-hydroxylation sites is 1. The molecule has 9 nitrogen and oxygen atoms in total. The monoisotopic (exact) mass is 464 g/mol. The van der Waals surface area contributed by atoms with Gasteiger partial charge in [-0.25, -0.2) is 4.79 Å². The topological polar surface area (TPSA) is 85.4 Å². The summed E-state index contributed by atoms with van der Waals surface area (Å²) in [5.41, 5.74) is 3.26. The Hall–Kier alpha value is -3.62. The zero-order valence-electron chi connectivity index (χ0n) is 20.3. The van der Waals surface area contributed by atoms with Crippen molar-refractivity contribution in [2.45, 2.75) is 47.2 Å². The number of piperazine rings is 1. The molecule has 0 N–H and O–H groups in total. The van der Waals surface area contributed by atoms with Crippen LogP contribution in [0.15, 0.2) is 46.0 Å². The van der Waals surface area contributed by atoms with Crippen molar-refractivity contribution in [1.29, 1.82) is 0 Å². The van der Waals surface area contributed by atoms with Crippen molar-refractivity contribution in [2.75, 3.05) is 31.1 Å². The molecule has 1 amide bonds. The number of nitrogens with zero attached hydrogens (tertiary/aromatic N) is 6. The van der Waals surface area contributed by atoms with Crippen molar-refractivity contribution in [3.63, 3.8) is 0 Å². The quantitative estimate of drug-likeness (QED) is 0.556. The molecule has 0 atom stereocenters. The van der Waals surface area contributed by atoms with Gasteiger partial charge in [-0.2, -0.15) is 5.10 Å². The molecular formula is C25H32N6O3. The smallest absolute Gasteiger partial charge is 0.335 e. The van der Waals surface area contributed by atoms with Gasteiger partial charge in [-0.05, 0) is 45.9 Å². The Balaban J connectivity index is 1.53. The predicted octanol–water partition coefficient (Wildman–Crippen LogP) is 1.88. The van der Waals surface area contributed by atoms with E-state index in [1.807, 2.05) is 71.7 Å². The van der Waals surface area contributed by atoms with Gasteiger partial charge in [0.2, 0.25) is 5.91 Å². The van der Waals surface area contributed by atoms with E-state index in [2.05, 4.69) is 5.10 Å². The van der Waals surface area contributed by atoms with Gasteiger partial charge in [0.05, 0.1) is 17.1 Å². The largest absolute Gasteiger partial charge is 0.362 e. The molecule has 0 spiro atoms. The minimum atomic E-state index is -0.335. The fourth-order valence-electron chi connectivity index (χ4n) is 4.70. The van der Waals surface area contributed by atoms with Gasteiger partial charge in [-0.1, -0.05) is 18.2 Å². The summed E-state index contributed by atoms with van der Waals surface area (Å²) in [6.45, 7) is 10.6. The second-order valence-corrected chi connectivity index (χ2v) is 8.71. The fraction of sp³-hybridized carbons (Fsp3) is 0.440. The summed E-state index contributed by atoms with van der Waals surface area (Å²) in [5, 5.41) is 4.43. The van der Waals surface area contributed by atoms with Crippen LogP contribution in [0.3, 0.4) is 0 Å². The number of amides is 1. The molecule has 0 unspecified atom stereocenters. The number of carbonyl (C=O) groups excluding carboxylic acids is 1. The zero-order chi connectivity index (χ0) is 24.4. The second kappa shape index (κ2) is 9.70. The van der Waals surface area contributed by atoms with Gasteiger partial charge in [0, 0.05) is 51.4 Å². The van der Waals surface area contributed by atoms with E-state index < -0.39 is 0 Å². The Morgan fingerprint density at radius 1 is 1.00 bits per heavy atom. The molecular weight excluding hydrogens is 432 g/mol. The van der Waals surface area contributed by atoms with Gasteiger partial charge in [0.25, 0.3) is 5.56 Å². The molecule has 4 rings (SSSR count). The maximum Gasteiger partial charge on any atom is 0.335 e. The third kappa shape index (κ3) is 4.42. The van der Waals surface area contributed by atoms with E-state index in [4.69, 9.17) is 0 Å². The van der Waals surface area contributed by atoms with E-state index in [-0.39, 0.29) is 17.2 Å². The first kappa shape index (κ1) is 23.5. The lowest BCUT2D eigenvalue weighted by Gasteiger charge is -2.36. The summed E-state index contributed by atoms with van der Waals surface area (Å²) in [7, 11) is 0. The molecule has 0 aliphatic carbocycles. The molecule has 0 bridgehead atoms. The summed E-state index contributed by atoms with van der Waals surface area (Å²) < 4.78 is 4.75. The van der Waals surface area contributed by atoms with E-state index in [0.29, 0.717) is 57.1 Å². The first-order valence-electron chi connectivity index (χ1n) is 11.8. The number of carbonyl (C=O) groups is 1. The van der Waals surface area contributed by atoms with Crippen LogP contribution in [-0.2, 0) is 17.9 Å². The van der Waals surface area contributed by atoms with Crippen LogP contribution < -0.4 is 16.1 Å². The highest BCUT2D eigenvalue weighted by Gasteiger charge is 2.26. The molecule has 34 heavy (non-hydrogen) atoms. The average molecular weight is 465 g/mol. The van der Waals surface area contributed by atoms with Crippen molar-refractivity contribution in [3.8, 4) is 5.69 Å². The molecule has 1 saturated heterocycles. The first-order chi connectivity index (χ1) is 16.3. The van der Waals surface area contributed by atoms with Crippen molar-refractivity contribution in [1.82, 2.24) is 23.8 Å². The van der Waals surface area contributed by atoms with E-state index in [0.717, 1.165) is 17.1 Å². The predicted molar refractivity (Wildman–Crippen MR) is 132 cm³/mol. The Morgan fingerprint density at radius 2 is 1.68 bits per heavy atom. The molecule has 3 aromatic rings. The van der Waals surface area contributed by atoms with Gasteiger partial charge < -0.3 is 9.80 Å². The fourth-order valence-corrected chi connectivity index (χ4v) is 4.70. The zero-order valence-corrected chi connectivity index (χ0v) is 20.3. The highest BCUT2D eigenvalue weighted by Crippen LogP contribution is 2.19. The van der Waals surface area contributed by atoms with E-state index in [1.165, 1.54) is 4.57 Å². The third-order valence-electron chi connectivity index (χ3n) is 6.47. The Bertz CT molecular complexity index is 1300. The van der Waals surface area contributed by atoms with Gasteiger partial charge in [0.15, 0.2) is 0 Å². The number of anilines is 1. The van der Waals surface area contributed by atoms with Crippen LogP contribution in [0, 0.1) is 20.8 Å². The van der Waals surface area contributed by atoms with Crippen LogP contribution in [0.2, 0.25) is 0 Å². The van der Waals surface area contributed by atoms with Gasteiger partial charge in [-0.3, -0.25) is 23.4 Å². The van der Waals surface area contributed by atoms with Crippen molar-refractivity contribution >= 4 is 11.6 Å². The highest BCUT2D eigenvalue weighted by atomic mass is 16.2. The van der Waals surface area contributed by atoms with Crippen LogP contribution in [-0.4, -0.2) is 55.9 Å². The molecule has 1 aliphatic rings. The van der Waals surface area contributed by atoms with Crippen LogP contribution in [0.1, 0.15) is 30.4 Å². The van der Waals surface area contributed by atoms with Crippen LogP contribution in [0.5, 0.6) is 0 Å². The summed E-state index contributed by atoms with van der Waals surface area (Å²) in [6.07, 6.45) is 0.391. The molecule has 1 aliphatic heterocycles. The lowest BCUT2D eigenvalue weighted by molar-refractivity contribution is -0.131. The molecule has 0 saturated carbocycles. The Kier molecular flexibility index (Phi) is 6.72. The highest BCUT2D eigenvalue weighted by molar-refractivity contribution is 5.76. The van der Waals surface area contributed by atoms with E-state index in [1.54, 1.807) is 11.5 Å². The lowest BCUT2D eigenvalue weighted by Crippen LogP contribution is -2.52. The normalized spacial score (nSPS) is 14.0. The van der Waals surface area contributed by atoms with Gasteiger partial charge in [0.1, 0.15) is 5.69 Å². The maximum atomic E-state index is 13.3. The molecule has 180 valence electrons. The average Bonchev–Trinajstić information content (AvgIpc) is 3.15. The standard InChI is InChI=1S/C25H32N6O3/c1-5-29-24(33)23(20(4)31(25(29)34)21-9-7-6-8-10-21)28-15-13-27(14-16-28)22(32)11-12-30-19(3)17-18(2)26-30/h6-10,17H,5,11-16H2,1-4H3. The SMILES string of the molecule is CCn1c(=O)c(N2CCN(C(=O)CCn3nc(C)cc3C)CC2)c(C)n(-c2ccccc2)c1=O. The lowest BCUT2D eigenvalue weighted by atomic mass is 10.2. The summed E-state index contributed by atoms with van der Waals surface area (Å²) in [4.78, 5) is 43.0. The Labute approximate surface area is 198 Å². The van der Waals surface area contributed by atoms with Crippen molar-refractivity contribution < 1.29 is 4.79 Å².